The van der Waals surface area contributed by atoms with Crippen molar-refractivity contribution >= 4 is 23.3 Å². The van der Waals surface area contributed by atoms with Crippen LogP contribution in [0.5, 0.6) is 0 Å². The fourth-order valence-corrected chi connectivity index (χ4v) is 3.35. The van der Waals surface area contributed by atoms with Gasteiger partial charge >= 0.3 is 0 Å². The number of imidazole rings is 1. The number of hydrogen-bond acceptors (Lipinski definition) is 2. The third-order valence-electron chi connectivity index (χ3n) is 3.99. The van der Waals surface area contributed by atoms with Crippen molar-refractivity contribution in [3.63, 3.8) is 0 Å². The summed E-state index contributed by atoms with van der Waals surface area (Å²) in [4.78, 5) is 3.28. The van der Waals surface area contributed by atoms with Crippen molar-refractivity contribution in [2.75, 3.05) is 0 Å². The van der Waals surface area contributed by atoms with E-state index < -0.39 is 0 Å². The van der Waals surface area contributed by atoms with E-state index in [0.29, 0.717) is 0 Å². The Bertz CT molecular complexity index is 628. The molecule has 3 nitrogen and oxygen atoms in total. The molecule has 1 heterocycles. The number of aliphatic hydroxyl groups is 1. The Morgan fingerprint density at radius 2 is 2.11 bits per heavy atom. The maximum Gasteiger partial charge on any atom is 0.178 e. The molecule has 0 saturated heterocycles. The van der Waals surface area contributed by atoms with Crippen LogP contribution in [0.2, 0.25) is 0 Å². The molecule has 0 amide bonds. The van der Waals surface area contributed by atoms with Gasteiger partial charge in [-0.1, -0.05) is 25.0 Å². The molecule has 1 aromatic carbocycles. The molecule has 1 aliphatic rings. The molecule has 0 bridgehead atoms. The first-order valence-electron chi connectivity index (χ1n) is 6.56. The summed E-state index contributed by atoms with van der Waals surface area (Å²) in [6.07, 6.45) is 3.90. The minimum absolute atomic E-state index is 0.127. The van der Waals surface area contributed by atoms with Crippen molar-refractivity contribution < 1.29 is 5.11 Å². The van der Waals surface area contributed by atoms with Gasteiger partial charge in [0.1, 0.15) is 0 Å². The molecule has 1 aromatic heterocycles. The largest absolute Gasteiger partial charge is 0.391 e. The molecule has 2 atom stereocenters. The lowest BCUT2D eigenvalue weighted by Gasteiger charge is -2.29. The van der Waals surface area contributed by atoms with Crippen LogP contribution in [0, 0.1) is 11.7 Å². The van der Waals surface area contributed by atoms with Crippen LogP contribution in [0.15, 0.2) is 18.2 Å². The molecule has 1 aliphatic carbocycles. The van der Waals surface area contributed by atoms with E-state index in [1.165, 1.54) is 12.0 Å². The van der Waals surface area contributed by atoms with Crippen LogP contribution in [-0.2, 0) is 0 Å². The minimum atomic E-state index is -0.273. The summed E-state index contributed by atoms with van der Waals surface area (Å²) < 4.78 is 2.84. The number of aromatic nitrogens is 2. The smallest absolute Gasteiger partial charge is 0.178 e. The molecule has 0 radical (unpaired) electrons. The lowest BCUT2D eigenvalue weighted by Crippen LogP contribution is -2.27. The van der Waals surface area contributed by atoms with Gasteiger partial charge < -0.3 is 14.7 Å². The highest BCUT2D eigenvalue weighted by atomic mass is 32.1. The van der Waals surface area contributed by atoms with E-state index in [-0.39, 0.29) is 12.1 Å². The predicted octanol–water partition coefficient (Wildman–Crippen LogP) is 3.48. The Kier molecular flexibility index (Phi) is 2.99. The average molecular weight is 262 g/mol. The first-order chi connectivity index (χ1) is 8.68. The second kappa shape index (κ2) is 4.52. The summed E-state index contributed by atoms with van der Waals surface area (Å²) in [5.41, 5.74) is 3.41. The zero-order valence-electron chi connectivity index (χ0n) is 10.5. The maximum absolute atomic E-state index is 10.2. The number of nitrogens with zero attached hydrogens (tertiary/aromatic N) is 1. The summed E-state index contributed by atoms with van der Waals surface area (Å²) in [6.45, 7) is 2.08. The first kappa shape index (κ1) is 11.9. The van der Waals surface area contributed by atoms with Crippen molar-refractivity contribution in [3.05, 3.63) is 28.5 Å². The molecule has 4 heteroatoms. The lowest BCUT2D eigenvalue weighted by atomic mass is 9.92. The summed E-state index contributed by atoms with van der Waals surface area (Å²) in [5.74, 6) is 0. The predicted molar refractivity (Wildman–Crippen MR) is 75.4 cm³/mol. The van der Waals surface area contributed by atoms with Crippen LogP contribution in [-0.4, -0.2) is 20.8 Å². The number of H-pyrrole nitrogens is 1. The highest BCUT2D eigenvalue weighted by Gasteiger charge is 2.26. The summed E-state index contributed by atoms with van der Waals surface area (Å²) in [7, 11) is 0. The second-order valence-electron chi connectivity index (χ2n) is 5.19. The van der Waals surface area contributed by atoms with Crippen LogP contribution in [0.4, 0.5) is 0 Å². The van der Waals surface area contributed by atoms with Gasteiger partial charge in [-0.3, -0.25) is 0 Å². The van der Waals surface area contributed by atoms with Crippen molar-refractivity contribution in [1.29, 1.82) is 0 Å². The third kappa shape index (κ3) is 1.80. The molecular weight excluding hydrogens is 244 g/mol. The van der Waals surface area contributed by atoms with E-state index in [2.05, 4.69) is 28.6 Å². The zero-order valence-corrected chi connectivity index (χ0v) is 11.3. The van der Waals surface area contributed by atoms with E-state index >= 15 is 0 Å². The molecule has 1 saturated carbocycles. The Morgan fingerprint density at radius 3 is 2.89 bits per heavy atom. The van der Waals surface area contributed by atoms with Crippen molar-refractivity contribution in [2.24, 2.45) is 0 Å². The van der Waals surface area contributed by atoms with Crippen LogP contribution in [0.25, 0.3) is 11.0 Å². The zero-order chi connectivity index (χ0) is 12.7. The molecule has 2 unspecified atom stereocenters. The van der Waals surface area contributed by atoms with Gasteiger partial charge in [-0.15, -0.1) is 0 Å². The molecule has 2 N–H and O–H groups in total. The van der Waals surface area contributed by atoms with Crippen LogP contribution < -0.4 is 0 Å². The quantitative estimate of drug-likeness (QED) is 0.772. The fourth-order valence-electron chi connectivity index (χ4n) is 3.01. The topological polar surface area (TPSA) is 41.0 Å². The minimum Gasteiger partial charge on any atom is -0.391 e. The normalized spacial score (nSPS) is 24.6. The summed E-state index contributed by atoms with van der Waals surface area (Å²) in [5, 5.41) is 10.2. The Morgan fingerprint density at radius 1 is 1.33 bits per heavy atom. The number of aliphatic hydroxyl groups excluding tert-OH is 1. The van der Waals surface area contributed by atoms with Crippen LogP contribution in [0.3, 0.4) is 0 Å². The van der Waals surface area contributed by atoms with Crippen molar-refractivity contribution in [1.82, 2.24) is 9.55 Å². The van der Waals surface area contributed by atoms with Gasteiger partial charge in [-0.25, -0.2) is 0 Å². The molecule has 2 aromatic rings. The number of aryl methyl sites for hydroxylation is 1. The van der Waals surface area contributed by atoms with Crippen LogP contribution in [0.1, 0.15) is 37.3 Å². The van der Waals surface area contributed by atoms with Gasteiger partial charge in [0, 0.05) is 0 Å². The van der Waals surface area contributed by atoms with E-state index in [1.54, 1.807) is 0 Å². The Labute approximate surface area is 111 Å². The Hall–Kier alpha value is -1.13. The molecular formula is C14H18N2OS. The van der Waals surface area contributed by atoms with Gasteiger partial charge in [0.05, 0.1) is 23.2 Å². The summed E-state index contributed by atoms with van der Waals surface area (Å²) in [6, 6.07) is 6.33. The third-order valence-corrected chi connectivity index (χ3v) is 4.29. The number of benzene rings is 1. The second-order valence-corrected chi connectivity index (χ2v) is 5.58. The number of aromatic amines is 1. The number of rotatable bonds is 1. The lowest BCUT2D eigenvalue weighted by molar-refractivity contribution is 0.0767. The number of hydrogen-bond donors (Lipinski definition) is 2. The average Bonchev–Trinajstić information content (AvgIpc) is 2.68. The Balaban J connectivity index is 2.19. The number of nitrogens with one attached hydrogen (secondary N) is 1. The van der Waals surface area contributed by atoms with Gasteiger partial charge in [-0.2, -0.15) is 0 Å². The van der Waals surface area contributed by atoms with E-state index in [4.69, 9.17) is 12.2 Å². The molecule has 18 heavy (non-hydrogen) atoms. The molecule has 1 fully saturated rings. The van der Waals surface area contributed by atoms with Crippen molar-refractivity contribution in [2.45, 2.75) is 44.8 Å². The summed E-state index contributed by atoms with van der Waals surface area (Å²) >= 11 is 5.44. The molecule has 3 rings (SSSR count). The first-order valence-corrected chi connectivity index (χ1v) is 6.97. The van der Waals surface area contributed by atoms with E-state index in [0.717, 1.165) is 35.1 Å². The van der Waals surface area contributed by atoms with Crippen molar-refractivity contribution in [3.8, 4) is 0 Å². The SMILES string of the molecule is Cc1cccc2c1[nH]c(=S)n2C1CCCCC1O. The number of fused-ring (bicyclic) bond motifs is 1. The van der Waals surface area contributed by atoms with Gasteiger partial charge in [0.15, 0.2) is 4.77 Å². The highest BCUT2D eigenvalue weighted by molar-refractivity contribution is 7.71. The van der Waals surface area contributed by atoms with Crippen LogP contribution >= 0.6 is 12.2 Å². The van der Waals surface area contributed by atoms with E-state index in [9.17, 15) is 5.11 Å². The number of para-hydroxylation sites is 1. The molecule has 96 valence electrons. The van der Waals surface area contributed by atoms with E-state index in [1.807, 2.05) is 6.07 Å². The molecule has 0 aliphatic heterocycles. The molecule has 0 spiro atoms. The highest BCUT2D eigenvalue weighted by Crippen LogP contribution is 2.32. The van der Waals surface area contributed by atoms with Gasteiger partial charge in [-0.05, 0) is 43.6 Å². The monoisotopic (exact) mass is 262 g/mol. The fraction of sp³-hybridized carbons (Fsp3) is 0.500. The standard InChI is InChI=1S/C14H18N2OS/c1-9-5-4-7-11-13(9)15-14(18)16(11)10-6-2-3-8-12(10)17/h4-5,7,10,12,17H,2-3,6,8H2,1H3,(H,15,18). The van der Waals surface area contributed by atoms with Gasteiger partial charge in [0.2, 0.25) is 0 Å². The maximum atomic E-state index is 10.2. The van der Waals surface area contributed by atoms with Gasteiger partial charge in [0.25, 0.3) is 0 Å².